The maximum atomic E-state index is 12.3. The largest absolute Gasteiger partial charge is 0.449 e. The van der Waals surface area contributed by atoms with Crippen LogP contribution < -0.4 is 15.7 Å². The van der Waals surface area contributed by atoms with Crippen molar-refractivity contribution in [3.63, 3.8) is 0 Å². The number of fused-ring (bicyclic) bond motifs is 3. The Kier molecular flexibility index (Phi) is 26.4. The molecule has 1 aliphatic rings. The molecule has 68 heavy (non-hydrogen) atoms. The summed E-state index contributed by atoms with van der Waals surface area (Å²) in [6.07, 6.45) is -0.453. The smallest absolute Gasteiger partial charge is 0.407 e. The molecule has 0 radical (unpaired) electrons. The summed E-state index contributed by atoms with van der Waals surface area (Å²) < 4.78 is 68.4. The number of amides is 1. The number of alkyl carbamates (subject to hydrolysis) is 1. The van der Waals surface area contributed by atoms with E-state index in [2.05, 4.69) is 111 Å². The fourth-order valence-electron chi connectivity index (χ4n) is 7.97. The zero-order chi connectivity index (χ0) is 47.8. The number of rotatable bonds is 38. The Morgan fingerprint density at radius 3 is 1.09 bits per heavy atom. The average Bonchev–Trinajstić information content (AvgIpc) is 3.68. The second-order valence-electron chi connectivity index (χ2n) is 16.9. The fraction of sp³-hybridized carbons (Fsp3) is 0.528. The Bertz CT molecular complexity index is 1830. The Hall–Kier alpha value is -4.07. The van der Waals surface area contributed by atoms with Crippen LogP contribution in [0.25, 0.3) is 11.1 Å². The SMILES string of the molecule is CC(C)(C)[Si](OCCOCCOCCOCCOCCOCCOCCOCCOCCOCCOCCNC(=O)OCC1c2ccccc2-c2ccccc21)(c1ccccc1)c1ccccc1. The summed E-state index contributed by atoms with van der Waals surface area (Å²) in [5, 5.41) is 5.21. The first kappa shape index (κ1) is 54.9. The van der Waals surface area contributed by atoms with Crippen molar-refractivity contribution in [1.29, 1.82) is 0 Å². The number of carbonyl (C=O) groups excluding carboxylic acids is 1. The predicted molar refractivity (Wildman–Crippen MR) is 265 cm³/mol. The van der Waals surface area contributed by atoms with E-state index in [0.29, 0.717) is 145 Å². The molecule has 0 saturated heterocycles. The quantitative estimate of drug-likeness (QED) is 0.0400. The molecule has 14 nitrogen and oxygen atoms in total. The second kappa shape index (κ2) is 32.7. The van der Waals surface area contributed by atoms with E-state index < -0.39 is 14.4 Å². The zero-order valence-electron chi connectivity index (χ0n) is 40.5. The van der Waals surface area contributed by atoms with Gasteiger partial charge in [0.2, 0.25) is 0 Å². The third-order valence-corrected chi connectivity index (χ3v) is 16.2. The van der Waals surface area contributed by atoms with Crippen molar-refractivity contribution >= 4 is 24.8 Å². The maximum absolute atomic E-state index is 12.3. The highest BCUT2D eigenvalue weighted by atomic mass is 28.4. The summed E-state index contributed by atoms with van der Waals surface area (Å²) in [7, 11) is -2.55. The van der Waals surface area contributed by atoms with Crippen LogP contribution in [0.2, 0.25) is 5.04 Å². The van der Waals surface area contributed by atoms with Crippen molar-refractivity contribution in [3.8, 4) is 11.1 Å². The Labute approximate surface area is 405 Å². The topological polar surface area (TPSA) is 140 Å². The third kappa shape index (κ3) is 19.0. The third-order valence-electron chi connectivity index (χ3n) is 11.2. The van der Waals surface area contributed by atoms with Gasteiger partial charge in [0.25, 0.3) is 8.32 Å². The standard InChI is InChI=1S/C53H75NO13Si/c1-53(2,3)68(45-14-6-4-7-15-45,46-16-8-5-9-17-46)67-43-42-65-41-40-64-39-38-63-37-36-62-35-34-61-33-32-60-31-30-59-29-28-58-27-26-57-25-24-56-23-22-54-52(55)66-44-51-49-20-12-10-18-47(49)48-19-11-13-21-50(48)51/h4-21,51H,22-44H2,1-3H3,(H,54,55). The molecule has 0 bridgehead atoms. The summed E-state index contributed by atoms with van der Waals surface area (Å²) >= 11 is 0. The molecule has 15 heteroatoms. The first-order valence-corrected chi connectivity index (χ1v) is 25.9. The number of carbonyl (C=O) groups is 1. The van der Waals surface area contributed by atoms with Crippen molar-refractivity contribution in [2.75, 3.05) is 152 Å². The molecule has 1 amide bonds. The van der Waals surface area contributed by atoms with Gasteiger partial charge >= 0.3 is 6.09 Å². The maximum Gasteiger partial charge on any atom is 0.407 e. The fourth-order valence-corrected chi connectivity index (χ4v) is 12.5. The van der Waals surface area contributed by atoms with E-state index in [1.165, 1.54) is 32.6 Å². The van der Waals surface area contributed by atoms with Gasteiger partial charge in [0.1, 0.15) is 6.61 Å². The van der Waals surface area contributed by atoms with Gasteiger partial charge in [0.15, 0.2) is 0 Å². The number of hydrogen-bond donors (Lipinski definition) is 1. The van der Waals surface area contributed by atoms with Crippen molar-refractivity contribution in [1.82, 2.24) is 5.32 Å². The van der Waals surface area contributed by atoms with Crippen LogP contribution in [-0.4, -0.2) is 166 Å². The van der Waals surface area contributed by atoms with Gasteiger partial charge in [-0.05, 0) is 37.7 Å². The minimum Gasteiger partial charge on any atom is -0.449 e. The molecule has 4 aromatic rings. The molecule has 0 aliphatic heterocycles. The Balaban J connectivity index is 0.702. The van der Waals surface area contributed by atoms with Crippen LogP contribution in [0.4, 0.5) is 4.79 Å². The van der Waals surface area contributed by atoms with Crippen molar-refractivity contribution in [2.45, 2.75) is 31.7 Å². The van der Waals surface area contributed by atoms with E-state index in [1.54, 1.807) is 0 Å². The van der Waals surface area contributed by atoms with E-state index in [0.717, 1.165) is 0 Å². The van der Waals surface area contributed by atoms with Crippen LogP contribution in [0.1, 0.15) is 37.8 Å². The predicted octanol–water partition coefficient (Wildman–Crippen LogP) is 6.27. The zero-order valence-corrected chi connectivity index (χ0v) is 41.5. The number of hydrogen-bond acceptors (Lipinski definition) is 13. The lowest BCUT2D eigenvalue weighted by Crippen LogP contribution is -2.66. The molecule has 5 rings (SSSR count). The van der Waals surface area contributed by atoms with Crippen LogP contribution in [0.3, 0.4) is 0 Å². The lowest BCUT2D eigenvalue weighted by molar-refractivity contribution is -0.0267. The van der Waals surface area contributed by atoms with Gasteiger partial charge in [-0.2, -0.15) is 0 Å². The molecule has 374 valence electrons. The van der Waals surface area contributed by atoms with E-state index in [9.17, 15) is 4.79 Å². The average molecular weight is 962 g/mol. The molecular weight excluding hydrogens is 887 g/mol. The van der Waals surface area contributed by atoms with Crippen LogP contribution in [0, 0.1) is 0 Å². The molecule has 0 atom stereocenters. The number of benzene rings is 4. The summed E-state index contributed by atoms with van der Waals surface area (Å²) in [6, 6.07) is 37.8. The highest BCUT2D eigenvalue weighted by molar-refractivity contribution is 6.99. The lowest BCUT2D eigenvalue weighted by atomic mass is 9.98. The van der Waals surface area contributed by atoms with E-state index in [4.69, 9.17) is 56.5 Å². The van der Waals surface area contributed by atoms with Gasteiger partial charge in [-0.15, -0.1) is 0 Å². The van der Waals surface area contributed by atoms with Crippen LogP contribution in [-0.2, 0) is 56.5 Å². The first-order chi connectivity index (χ1) is 33.4. The van der Waals surface area contributed by atoms with Gasteiger partial charge in [0.05, 0.1) is 139 Å². The molecule has 0 heterocycles. The molecule has 4 aromatic carbocycles. The van der Waals surface area contributed by atoms with Crippen molar-refractivity contribution < 1.29 is 61.3 Å². The molecule has 0 aromatic heterocycles. The van der Waals surface area contributed by atoms with Crippen molar-refractivity contribution in [3.05, 3.63) is 120 Å². The monoisotopic (exact) mass is 962 g/mol. The lowest BCUT2D eigenvalue weighted by Gasteiger charge is -2.43. The summed E-state index contributed by atoms with van der Waals surface area (Å²) in [5.74, 6) is 0.0330. The van der Waals surface area contributed by atoms with E-state index in [1.807, 2.05) is 24.3 Å². The van der Waals surface area contributed by atoms with E-state index in [-0.39, 0.29) is 17.6 Å². The van der Waals surface area contributed by atoms with Crippen LogP contribution in [0.15, 0.2) is 109 Å². The van der Waals surface area contributed by atoms with Gasteiger partial charge in [-0.3, -0.25) is 0 Å². The molecular formula is C53H75NO13Si. The van der Waals surface area contributed by atoms with Gasteiger partial charge in [-0.1, -0.05) is 130 Å². The van der Waals surface area contributed by atoms with Gasteiger partial charge in [0, 0.05) is 12.5 Å². The van der Waals surface area contributed by atoms with Crippen LogP contribution >= 0.6 is 0 Å². The van der Waals surface area contributed by atoms with Crippen molar-refractivity contribution in [2.24, 2.45) is 0 Å². The minimum atomic E-state index is -2.55. The van der Waals surface area contributed by atoms with Crippen LogP contribution in [0.5, 0.6) is 0 Å². The summed E-state index contributed by atoms with van der Waals surface area (Å²) in [6.45, 7) is 17.5. The molecule has 0 unspecified atom stereocenters. The van der Waals surface area contributed by atoms with Gasteiger partial charge in [-0.25, -0.2) is 4.79 Å². The summed E-state index contributed by atoms with van der Waals surface area (Å²) in [5.41, 5.74) is 4.77. The number of nitrogens with one attached hydrogen (secondary N) is 1. The Morgan fingerprint density at radius 1 is 0.426 bits per heavy atom. The molecule has 0 spiro atoms. The number of ether oxygens (including phenoxy) is 11. The first-order valence-electron chi connectivity index (χ1n) is 24.0. The normalized spacial score (nSPS) is 12.6. The molecule has 0 fully saturated rings. The molecule has 1 N–H and O–H groups in total. The highest BCUT2D eigenvalue weighted by Crippen LogP contribution is 2.44. The molecule has 0 saturated carbocycles. The van der Waals surface area contributed by atoms with E-state index >= 15 is 0 Å². The van der Waals surface area contributed by atoms with Gasteiger partial charge < -0.3 is 61.8 Å². The Morgan fingerprint density at radius 2 is 0.735 bits per heavy atom. The minimum absolute atomic E-state index is 0.0330. The molecule has 1 aliphatic carbocycles. The highest BCUT2D eigenvalue weighted by Gasteiger charge is 2.50. The second-order valence-corrected chi connectivity index (χ2v) is 21.2. The summed E-state index contributed by atoms with van der Waals surface area (Å²) in [4.78, 5) is 12.3.